The Morgan fingerprint density at radius 1 is 1.31 bits per heavy atom. The first-order chi connectivity index (χ1) is 6.15. The monoisotopic (exact) mass is 189 g/mol. The number of benzene rings is 1. The zero-order chi connectivity index (χ0) is 9.84. The van der Waals surface area contributed by atoms with Gasteiger partial charge < -0.3 is 15.6 Å². The van der Waals surface area contributed by atoms with Crippen LogP contribution in [0, 0.1) is 11.6 Å². The van der Waals surface area contributed by atoms with Crippen molar-refractivity contribution < 1.29 is 18.6 Å². The first-order valence-corrected chi connectivity index (χ1v) is 3.63. The van der Waals surface area contributed by atoms with E-state index in [-0.39, 0.29) is 24.7 Å². The number of anilines is 1. The van der Waals surface area contributed by atoms with Crippen molar-refractivity contribution in [3.8, 4) is 5.75 Å². The number of aliphatic hydroxyl groups is 1. The van der Waals surface area contributed by atoms with E-state index in [9.17, 15) is 8.78 Å². The van der Waals surface area contributed by atoms with Gasteiger partial charge in [0.2, 0.25) is 0 Å². The van der Waals surface area contributed by atoms with E-state index in [1.165, 1.54) is 0 Å². The molecule has 1 aromatic rings. The standard InChI is InChI=1S/C8H9F2NO2/c9-5-3-7(11)8(4-6(5)10)13-2-1-12/h3-4,12H,1-2,11H2. The van der Waals surface area contributed by atoms with Crippen LogP contribution in [0.15, 0.2) is 12.1 Å². The number of rotatable bonds is 3. The summed E-state index contributed by atoms with van der Waals surface area (Å²) in [6.07, 6.45) is 0. The van der Waals surface area contributed by atoms with Crippen molar-refractivity contribution in [3.63, 3.8) is 0 Å². The second-order valence-electron chi connectivity index (χ2n) is 2.38. The molecule has 0 heterocycles. The summed E-state index contributed by atoms with van der Waals surface area (Å²) in [7, 11) is 0. The molecule has 0 bridgehead atoms. The third kappa shape index (κ3) is 2.29. The first kappa shape index (κ1) is 9.73. The summed E-state index contributed by atoms with van der Waals surface area (Å²) in [4.78, 5) is 0. The topological polar surface area (TPSA) is 55.5 Å². The van der Waals surface area contributed by atoms with E-state index < -0.39 is 11.6 Å². The van der Waals surface area contributed by atoms with Gasteiger partial charge in [-0.25, -0.2) is 8.78 Å². The average Bonchev–Trinajstić information content (AvgIpc) is 2.09. The summed E-state index contributed by atoms with van der Waals surface area (Å²) in [6.45, 7) is -0.215. The molecule has 0 atom stereocenters. The average molecular weight is 189 g/mol. The van der Waals surface area contributed by atoms with Gasteiger partial charge in [0, 0.05) is 12.1 Å². The summed E-state index contributed by atoms with van der Waals surface area (Å²) < 4.78 is 30.0. The van der Waals surface area contributed by atoms with E-state index in [0.29, 0.717) is 0 Å². The number of ether oxygens (including phenoxy) is 1. The maximum Gasteiger partial charge on any atom is 0.162 e. The first-order valence-electron chi connectivity index (χ1n) is 3.63. The molecule has 5 heteroatoms. The normalized spacial score (nSPS) is 10.1. The highest BCUT2D eigenvalue weighted by Crippen LogP contribution is 2.24. The van der Waals surface area contributed by atoms with Crippen LogP contribution in [-0.2, 0) is 0 Å². The minimum Gasteiger partial charge on any atom is -0.489 e. The number of hydrogen-bond donors (Lipinski definition) is 2. The molecule has 72 valence electrons. The molecule has 0 saturated carbocycles. The molecule has 0 fully saturated rings. The lowest BCUT2D eigenvalue weighted by Crippen LogP contribution is -2.04. The highest BCUT2D eigenvalue weighted by molar-refractivity contribution is 5.52. The summed E-state index contributed by atoms with van der Waals surface area (Å²) in [5.41, 5.74) is 5.32. The van der Waals surface area contributed by atoms with Crippen LogP contribution in [0.2, 0.25) is 0 Å². The van der Waals surface area contributed by atoms with Gasteiger partial charge in [-0.2, -0.15) is 0 Å². The number of halogens is 2. The Labute approximate surface area is 73.7 Å². The predicted octanol–water partition coefficient (Wildman–Crippen LogP) is 0.918. The quantitative estimate of drug-likeness (QED) is 0.695. The molecule has 3 nitrogen and oxygen atoms in total. The van der Waals surface area contributed by atoms with E-state index in [0.717, 1.165) is 12.1 Å². The lowest BCUT2D eigenvalue weighted by molar-refractivity contribution is 0.201. The fraction of sp³-hybridized carbons (Fsp3) is 0.250. The van der Waals surface area contributed by atoms with Crippen molar-refractivity contribution in [2.45, 2.75) is 0 Å². The van der Waals surface area contributed by atoms with Gasteiger partial charge in [0.15, 0.2) is 11.6 Å². The Morgan fingerprint density at radius 3 is 2.54 bits per heavy atom. The van der Waals surface area contributed by atoms with Gasteiger partial charge in [-0.3, -0.25) is 0 Å². The summed E-state index contributed by atoms with van der Waals surface area (Å²) >= 11 is 0. The highest BCUT2D eigenvalue weighted by atomic mass is 19.2. The second kappa shape index (κ2) is 4.04. The van der Waals surface area contributed by atoms with Crippen LogP contribution in [0.25, 0.3) is 0 Å². The molecule has 0 aliphatic carbocycles. The van der Waals surface area contributed by atoms with E-state index in [1.54, 1.807) is 0 Å². The Bertz CT molecular complexity index is 304. The van der Waals surface area contributed by atoms with Crippen molar-refractivity contribution in [1.82, 2.24) is 0 Å². The van der Waals surface area contributed by atoms with Crippen LogP contribution in [0.1, 0.15) is 0 Å². The zero-order valence-corrected chi connectivity index (χ0v) is 6.76. The van der Waals surface area contributed by atoms with Crippen LogP contribution in [-0.4, -0.2) is 18.3 Å². The maximum atomic E-state index is 12.6. The number of aliphatic hydroxyl groups excluding tert-OH is 1. The highest BCUT2D eigenvalue weighted by Gasteiger charge is 2.07. The summed E-state index contributed by atoms with van der Waals surface area (Å²) in [5.74, 6) is -2.01. The Balaban J connectivity index is 2.88. The number of nitrogen functional groups attached to an aromatic ring is 1. The SMILES string of the molecule is Nc1cc(F)c(F)cc1OCCO. The summed E-state index contributed by atoms with van der Waals surface area (Å²) in [6, 6.07) is 1.68. The van der Waals surface area contributed by atoms with Gasteiger partial charge in [0.25, 0.3) is 0 Å². The van der Waals surface area contributed by atoms with Crippen LogP contribution in [0.4, 0.5) is 14.5 Å². The van der Waals surface area contributed by atoms with Crippen LogP contribution in [0.3, 0.4) is 0 Å². The van der Waals surface area contributed by atoms with Gasteiger partial charge in [-0.15, -0.1) is 0 Å². The fourth-order valence-corrected chi connectivity index (χ4v) is 0.825. The molecule has 1 rings (SSSR count). The van der Waals surface area contributed by atoms with E-state index in [4.69, 9.17) is 15.6 Å². The van der Waals surface area contributed by atoms with E-state index in [2.05, 4.69) is 0 Å². The van der Waals surface area contributed by atoms with E-state index in [1.807, 2.05) is 0 Å². The Hall–Kier alpha value is -1.36. The molecule has 0 amide bonds. The minimum atomic E-state index is -1.03. The number of nitrogens with two attached hydrogens (primary N) is 1. The van der Waals surface area contributed by atoms with Crippen LogP contribution < -0.4 is 10.5 Å². The van der Waals surface area contributed by atoms with Gasteiger partial charge in [0.05, 0.1) is 12.3 Å². The van der Waals surface area contributed by atoms with Gasteiger partial charge in [-0.1, -0.05) is 0 Å². The molecule has 0 spiro atoms. The Kier molecular flexibility index (Phi) is 3.02. The number of hydrogen-bond acceptors (Lipinski definition) is 3. The van der Waals surface area contributed by atoms with Crippen molar-refractivity contribution >= 4 is 5.69 Å². The molecular weight excluding hydrogens is 180 g/mol. The molecular formula is C8H9F2NO2. The van der Waals surface area contributed by atoms with Crippen LogP contribution >= 0.6 is 0 Å². The van der Waals surface area contributed by atoms with Gasteiger partial charge in [-0.05, 0) is 0 Å². The minimum absolute atomic E-state index is 0.00469. The molecule has 3 N–H and O–H groups in total. The lowest BCUT2D eigenvalue weighted by Gasteiger charge is -2.07. The zero-order valence-electron chi connectivity index (χ0n) is 6.76. The predicted molar refractivity (Wildman–Crippen MR) is 43.4 cm³/mol. The van der Waals surface area contributed by atoms with E-state index >= 15 is 0 Å². The molecule has 0 aromatic heterocycles. The molecule has 0 unspecified atom stereocenters. The van der Waals surface area contributed by atoms with Gasteiger partial charge >= 0.3 is 0 Å². The smallest absolute Gasteiger partial charge is 0.162 e. The molecule has 0 saturated heterocycles. The van der Waals surface area contributed by atoms with Crippen molar-refractivity contribution in [2.24, 2.45) is 0 Å². The largest absolute Gasteiger partial charge is 0.489 e. The molecule has 0 aliphatic heterocycles. The molecule has 1 aromatic carbocycles. The fourth-order valence-electron chi connectivity index (χ4n) is 0.825. The van der Waals surface area contributed by atoms with Crippen molar-refractivity contribution in [2.75, 3.05) is 18.9 Å². The van der Waals surface area contributed by atoms with Crippen molar-refractivity contribution in [3.05, 3.63) is 23.8 Å². The lowest BCUT2D eigenvalue weighted by atomic mass is 10.3. The van der Waals surface area contributed by atoms with Crippen LogP contribution in [0.5, 0.6) is 5.75 Å². The third-order valence-electron chi connectivity index (χ3n) is 1.40. The second-order valence-corrected chi connectivity index (χ2v) is 2.38. The molecule has 0 aliphatic rings. The molecule has 0 radical (unpaired) electrons. The third-order valence-corrected chi connectivity index (χ3v) is 1.40. The molecule has 13 heavy (non-hydrogen) atoms. The van der Waals surface area contributed by atoms with Gasteiger partial charge in [0.1, 0.15) is 12.4 Å². The van der Waals surface area contributed by atoms with Crippen molar-refractivity contribution in [1.29, 1.82) is 0 Å². The maximum absolute atomic E-state index is 12.6. The summed E-state index contributed by atoms with van der Waals surface area (Å²) in [5, 5.41) is 8.41. The Morgan fingerprint density at radius 2 is 1.92 bits per heavy atom.